The number of aryl methyl sites for hydroxylation is 2. The van der Waals surface area contributed by atoms with Gasteiger partial charge in [0.05, 0.1) is 0 Å². The van der Waals surface area contributed by atoms with E-state index in [-0.39, 0.29) is 0 Å². The quantitative estimate of drug-likeness (QED) is 0.364. The number of hydrogen-bond donors (Lipinski definition) is 0. The van der Waals surface area contributed by atoms with E-state index in [0.29, 0.717) is 10.1 Å². The summed E-state index contributed by atoms with van der Waals surface area (Å²) in [6.45, 7) is 7.61. The van der Waals surface area contributed by atoms with Crippen LogP contribution in [0.1, 0.15) is 22.3 Å². The standard InChI is InChI=1S/2C7H9NOS.2ClH.Sn/c2*1-5-3-4-8(9)7(10)6(5)2;;;/h2*3-4,10H,1-2H3;2*1H;/q;;;;+4/p-4. The van der Waals surface area contributed by atoms with Crippen LogP contribution in [0, 0.1) is 38.1 Å². The first-order valence-corrected chi connectivity index (χ1v) is 22.6. The third-order valence-electron chi connectivity index (χ3n) is 3.58. The summed E-state index contributed by atoms with van der Waals surface area (Å²) in [6, 6.07) is 3.52. The molecule has 0 N–H and O–H groups in total. The molecule has 4 nitrogen and oxygen atoms in total. The number of halogens is 2. The molecule has 2 rings (SSSR count). The molecular formula is C14H16Cl2N2O2S2Sn. The molecule has 0 saturated heterocycles. The van der Waals surface area contributed by atoms with Gasteiger partial charge in [-0.15, -0.1) is 0 Å². The Morgan fingerprint density at radius 2 is 1.17 bits per heavy atom. The Bertz CT molecular complexity index is 699. The molecule has 0 atom stereocenters. The van der Waals surface area contributed by atoms with E-state index in [9.17, 15) is 10.4 Å². The molecule has 2 heterocycles. The van der Waals surface area contributed by atoms with Crippen molar-refractivity contribution in [3.8, 4) is 0 Å². The van der Waals surface area contributed by atoms with Crippen LogP contribution in [-0.2, 0) is 0 Å². The number of hydrogen-bond acceptors (Lipinski definition) is 4. The van der Waals surface area contributed by atoms with E-state index in [2.05, 4.69) is 0 Å². The van der Waals surface area contributed by atoms with Gasteiger partial charge in [0.2, 0.25) is 0 Å². The topological polar surface area (TPSA) is 53.9 Å². The minimum atomic E-state index is -3.85. The second-order valence-corrected chi connectivity index (χ2v) is 37.4. The van der Waals surface area contributed by atoms with Crippen LogP contribution in [0.5, 0.6) is 0 Å². The fraction of sp³-hybridized carbons (Fsp3) is 0.286. The van der Waals surface area contributed by atoms with Crippen molar-refractivity contribution in [2.45, 2.75) is 37.7 Å². The molecule has 2 aromatic heterocycles. The van der Waals surface area contributed by atoms with Crippen molar-refractivity contribution in [1.82, 2.24) is 0 Å². The summed E-state index contributed by atoms with van der Waals surface area (Å²) in [5, 5.41) is 25.1. The summed E-state index contributed by atoms with van der Waals surface area (Å²) in [7, 11) is 15.7. The maximum atomic E-state index is 12.0. The molecule has 0 aliphatic carbocycles. The number of rotatable bonds is 4. The zero-order valence-corrected chi connectivity index (χ0v) is 19.1. The van der Waals surface area contributed by atoms with E-state index in [1.165, 1.54) is 30.3 Å². The molecule has 0 amide bonds. The van der Waals surface area contributed by atoms with Gasteiger partial charge in [-0.1, -0.05) is 0 Å². The Morgan fingerprint density at radius 1 is 0.826 bits per heavy atom. The first-order valence-electron chi connectivity index (χ1n) is 6.77. The molecule has 0 bridgehead atoms. The van der Waals surface area contributed by atoms with Crippen LogP contribution in [0.3, 0.4) is 0 Å². The van der Waals surface area contributed by atoms with Crippen molar-refractivity contribution < 1.29 is 9.46 Å². The SMILES string of the molecule is Cc1cc[n+]([O-])c([S][Sn]([Cl])([Cl])[S]c2c(C)c(C)cc[n+]2[O-])c1C. The summed E-state index contributed by atoms with van der Waals surface area (Å²) in [4.78, 5) is 0. The molecule has 0 unspecified atom stereocenters. The van der Waals surface area contributed by atoms with E-state index >= 15 is 0 Å². The predicted molar refractivity (Wildman–Crippen MR) is 98.9 cm³/mol. The van der Waals surface area contributed by atoms with Gasteiger partial charge in [-0.2, -0.15) is 0 Å². The van der Waals surface area contributed by atoms with Gasteiger partial charge in [-0.3, -0.25) is 0 Å². The van der Waals surface area contributed by atoms with Gasteiger partial charge >= 0.3 is 153 Å². The third-order valence-corrected chi connectivity index (χ3v) is 22.4. The van der Waals surface area contributed by atoms with Crippen LogP contribution in [0.4, 0.5) is 0 Å². The average molecular weight is 498 g/mol. The summed E-state index contributed by atoms with van der Waals surface area (Å²) in [5.74, 6) is 0. The predicted octanol–water partition coefficient (Wildman–Crippen LogP) is 3.98. The zero-order chi connectivity index (χ0) is 17.4. The molecule has 0 aromatic carbocycles. The normalized spacial score (nSPS) is 11.7. The van der Waals surface area contributed by atoms with Gasteiger partial charge in [0.15, 0.2) is 0 Å². The van der Waals surface area contributed by atoms with Crippen LogP contribution in [0.2, 0.25) is 0 Å². The fourth-order valence-corrected chi connectivity index (χ4v) is 21.6. The van der Waals surface area contributed by atoms with Gasteiger partial charge in [-0.25, -0.2) is 0 Å². The molecular weight excluding hydrogens is 482 g/mol. The third kappa shape index (κ3) is 4.54. The molecule has 0 fully saturated rings. The second-order valence-electron chi connectivity index (χ2n) is 5.18. The van der Waals surface area contributed by atoms with Gasteiger partial charge < -0.3 is 0 Å². The average Bonchev–Trinajstić information content (AvgIpc) is 2.48. The molecule has 124 valence electrons. The molecule has 0 spiro atoms. The monoisotopic (exact) mass is 498 g/mol. The van der Waals surface area contributed by atoms with Crippen LogP contribution < -0.4 is 9.46 Å². The molecule has 23 heavy (non-hydrogen) atoms. The second kappa shape index (κ2) is 7.47. The first-order chi connectivity index (χ1) is 10.6. The van der Waals surface area contributed by atoms with Crippen LogP contribution >= 0.6 is 35.7 Å². The van der Waals surface area contributed by atoms with E-state index in [1.807, 2.05) is 27.7 Å². The Balaban J connectivity index is 2.34. The van der Waals surface area contributed by atoms with Crippen LogP contribution in [-0.4, -0.2) is 13.4 Å². The number of pyridine rings is 2. The molecule has 0 aliphatic heterocycles. The Morgan fingerprint density at radius 3 is 1.52 bits per heavy atom. The van der Waals surface area contributed by atoms with Gasteiger partial charge in [-0.05, 0) is 0 Å². The first kappa shape index (κ1) is 19.3. The van der Waals surface area contributed by atoms with Crippen molar-refractivity contribution in [3.63, 3.8) is 0 Å². The Kier molecular flexibility index (Phi) is 6.27. The Labute approximate surface area is 152 Å². The van der Waals surface area contributed by atoms with Crippen LogP contribution in [0.15, 0.2) is 34.6 Å². The summed E-state index contributed by atoms with van der Waals surface area (Å²) < 4.78 is 1.58. The number of aromatic nitrogens is 2. The van der Waals surface area contributed by atoms with Gasteiger partial charge in [0, 0.05) is 0 Å². The molecule has 9 heteroatoms. The Hall–Kier alpha value is -0.0213. The fourth-order valence-electron chi connectivity index (χ4n) is 1.90. The summed E-state index contributed by atoms with van der Waals surface area (Å²) >= 11 is -3.85. The molecule has 2 aromatic rings. The van der Waals surface area contributed by atoms with E-state index in [0.717, 1.165) is 31.7 Å². The van der Waals surface area contributed by atoms with Crippen molar-refractivity contribution in [2.75, 3.05) is 0 Å². The van der Waals surface area contributed by atoms with Crippen LogP contribution in [0.25, 0.3) is 0 Å². The van der Waals surface area contributed by atoms with Gasteiger partial charge in [0.25, 0.3) is 0 Å². The molecule has 0 radical (unpaired) electrons. The van der Waals surface area contributed by atoms with E-state index < -0.39 is 13.4 Å². The molecule has 0 saturated carbocycles. The minimum absolute atomic E-state index is 0.515. The summed E-state index contributed by atoms with van der Waals surface area (Å²) in [6.07, 6.45) is 2.91. The summed E-state index contributed by atoms with van der Waals surface area (Å²) in [5.41, 5.74) is 3.74. The maximum absolute atomic E-state index is 12.0. The van der Waals surface area contributed by atoms with Crippen molar-refractivity contribution in [3.05, 3.63) is 57.2 Å². The zero-order valence-electron chi connectivity index (χ0n) is 13.1. The molecule has 0 aliphatic rings. The van der Waals surface area contributed by atoms with Crippen molar-refractivity contribution in [2.24, 2.45) is 0 Å². The van der Waals surface area contributed by atoms with E-state index in [1.54, 1.807) is 12.1 Å². The van der Waals surface area contributed by atoms with Crippen molar-refractivity contribution >= 4 is 49.1 Å². The van der Waals surface area contributed by atoms with E-state index in [4.69, 9.17) is 17.8 Å². The van der Waals surface area contributed by atoms with Gasteiger partial charge in [0.1, 0.15) is 0 Å². The number of nitrogens with zero attached hydrogens (tertiary/aromatic N) is 2. The van der Waals surface area contributed by atoms with Crippen molar-refractivity contribution in [1.29, 1.82) is 0 Å².